The molecule has 0 fully saturated rings. The molecule has 0 saturated carbocycles. The standard InChI is InChI=1S/C26H23Cl2FN6/c1-26(2,3)13-35-24-19(32-25(35)30)12-11-18(31-24)22-21(14-7-9-15(29)10-8-14)33-23(34-22)20-16(27)5-4-6-17(20)28/h4-12H,13H2,1-3H3,(H2,30,32)(H,33,34). The minimum atomic E-state index is -0.328. The van der Waals surface area contributed by atoms with E-state index in [9.17, 15) is 4.39 Å². The number of fused-ring (bicyclic) bond motifs is 1. The number of imidazole rings is 2. The normalized spacial score (nSPS) is 11.9. The molecule has 35 heavy (non-hydrogen) atoms. The molecule has 3 aromatic heterocycles. The average molecular weight is 509 g/mol. The highest BCUT2D eigenvalue weighted by Gasteiger charge is 2.22. The Morgan fingerprint density at radius 1 is 0.943 bits per heavy atom. The van der Waals surface area contributed by atoms with Gasteiger partial charge in [0, 0.05) is 12.1 Å². The van der Waals surface area contributed by atoms with Crippen molar-refractivity contribution in [3.05, 3.63) is 70.5 Å². The summed E-state index contributed by atoms with van der Waals surface area (Å²) in [7, 11) is 0. The molecule has 0 spiro atoms. The molecule has 0 bridgehead atoms. The van der Waals surface area contributed by atoms with Crippen molar-refractivity contribution in [2.45, 2.75) is 27.3 Å². The molecule has 0 aliphatic heterocycles. The third kappa shape index (κ3) is 4.49. The highest BCUT2D eigenvalue weighted by Crippen LogP contribution is 2.38. The minimum Gasteiger partial charge on any atom is -0.369 e. The Labute approximate surface area is 212 Å². The number of nitrogens with zero attached hydrogens (tertiary/aromatic N) is 4. The smallest absolute Gasteiger partial charge is 0.202 e. The molecule has 3 heterocycles. The van der Waals surface area contributed by atoms with Crippen molar-refractivity contribution in [3.8, 4) is 34.0 Å². The van der Waals surface area contributed by atoms with Gasteiger partial charge in [-0.05, 0) is 53.9 Å². The van der Waals surface area contributed by atoms with Gasteiger partial charge in [0.1, 0.15) is 22.9 Å². The van der Waals surface area contributed by atoms with E-state index < -0.39 is 0 Å². The molecule has 5 rings (SSSR count). The zero-order valence-corrected chi connectivity index (χ0v) is 20.9. The van der Waals surface area contributed by atoms with Crippen LogP contribution in [0.5, 0.6) is 0 Å². The Bertz CT molecular complexity index is 1530. The molecule has 9 heteroatoms. The summed E-state index contributed by atoms with van der Waals surface area (Å²) >= 11 is 12.9. The van der Waals surface area contributed by atoms with Gasteiger partial charge < -0.3 is 10.7 Å². The zero-order valence-electron chi connectivity index (χ0n) is 19.4. The molecule has 0 saturated heterocycles. The Hall–Kier alpha value is -3.42. The average Bonchev–Trinajstić information content (AvgIpc) is 3.34. The van der Waals surface area contributed by atoms with Crippen molar-refractivity contribution in [2.24, 2.45) is 5.41 Å². The highest BCUT2D eigenvalue weighted by atomic mass is 35.5. The lowest BCUT2D eigenvalue weighted by Crippen LogP contribution is -2.17. The number of pyridine rings is 1. The largest absolute Gasteiger partial charge is 0.369 e. The topological polar surface area (TPSA) is 85.4 Å². The molecule has 0 amide bonds. The Balaban J connectivity index is 1.73. The number of H-pyrrole nitrogens is 1. The van der Waals surface area contributed by atoms with Gasteiger partial charge in [-0.25, -0.2) is 19.3 Å². The number of aromatic nitrogens is 5. The number of nitrogens with two attached hydrogens (primary N) is 1. The first-order chi connectivity index (χ1) is 16.6. The van der Waals surface area contributed by atoms with E-state index in [0.29, 0.717) is 62.2 Å². The molecule has 6 nitrogen and oxygen atoms in total. The maximum absolute atomic E-state index is 13.7. The number of rotatable bonds is 4. The summed E-state index contributed by atoms with van der Waals surface area (Å²) in [6, 6.07) is 15.2. The quantitative estimate of drug-likeness (QED) is 0.268. The van der Waals surface area contributed by atoms with E-state index in [4.69, 9.17) is 38.9 Å². The van der Waals surface area contributed by atoms with Crippen LogP contribution in [0.1, 0.15) is 20.8 Å². The third-order valence-corrected chi connectivity index (χ3v) is 6.16. The number of nitrogens with one attached hydrogen (secondary N) is 1. The lowest BCUT2D eigenvalue weighted by atomic mass is 9.97. The van der Waals surface area contributed by atoms with Gasteiger partial charge in [-0.1, -0.05) is 50.0 Å². The summed E-state index contributed by atoms with van der Waals surface area (Å²) in [5, 5.41) is 0.922. The van der Waals surface area contributed by atoms with Crippen LogP contribution >= 0.6 is 23.2 Å². The lowest BCUT2D eigenvalue weighted by Gasteiger charge is -2.19. The van der Waals surface area contributed by atoms with E-state index in [1.165, 1.54) is 12.1 Å². The van der Waals surface area contributed by atoms with Crippen LogP contribution in [0.4, 0.5) is 10.3 Å². The highest BCUT2D eigenvalue weighted by molar-refractivity contribution is 6.39. The van der Waals surface area contributed by atoms with E-state index >= 15 is 0 Å². The fraction of sp³-hybridized carbons (Fsp3) is 0.192. The first-order valence-corrected chi connectivity index (χ1v) is 11.8. The maximum Gasteiger partial charge on any atom is 0.202 e. The fourth-order valence-corrected chi connectivity index (χ4v) is 4.58. The predicted octanol–water partition coefficient (Wildman–Crippen LogP) is 7.23. The van der Waals surface area contributed by atoms with Gasteiger partial charge in [0.15, 0.2) is 5.65 Å². The molecular weight excluding hydrogens is 486 g/mol. The lowest BCUT2D eigenvalue weighted by molar-refractivity contribution is 0.350. The van der Waals surface area contributed by atoms with Crippen LogP contribution in [0.3, 0.4) is 0 Å². The van der Waals surface area contributed by atoms with E-state index in [1.807, 2.05) is 16.7 Å². The first-order valence-electron chi connectivity index (χ1n) is 11.0. The third-order valence-electron chi connectivity index (χ3n) is 5.53. The summed E-state index contributed by atoms with van der Waals surface area (Å²) in [6.07, 6.45) is 0. The Kier molecular flexibility index (Phi) is 5.77. The van der Waals surface area contributed by atoms with Gasteiger partial charge in [0.2, 0.25) is 5.95 Å². The van der Waals surface area contributed by atoms with E-state index in [1.54, 1.807) is 30.3 Å². The molecular formula is C26H23Cl2FN6. The van der Waals surface area contributed by atoms with Crippen molar-refractivity contribution in [1.29, 1.82) is 0 Å². The number of anilines is 1. The van der Waals surface area contributed by atoms with Crippen LogP contribution in [0.15, 0.2) is 54.6 Å². The van der Waals surface area contributed by atoms with Crippen LogP contribution in [0.2, 0.25) is 10.0 Å². The number of aromatic amines is 1. The molecule has 0 aliphatic carbocycles. The number of hydrogen-bond donors (Lipinski definition) is 2. The molecule has 3 N–H and O–H groups in total. The second-order valence-corrected chi connectivity index (χ2v) is 10.4. The van der Waals surface area contributed by atoms with Crippen molar-refractivity contribution < 1.29 is 4.39 Å². The minimum absolute atomic E-state index is 0.0288. The van der Waals surface area contributed by atoms with Crippen LogP contribution in [0.25, 0.3) is 45.2 Å². The number of halogens is 3. The molecule has 0 unspecified atom stereocenters. The van der Waals surface area contributed by atoms with Crippen LogP contribution in [0, 0.1) is 11.2 Å². The summed E-state index contributed by atoms with van der Waals surface area (Å²) in [5.41, 5.74) is 10.7. The van der Waals surface area contributed by atoms with Crippen LogP contribution in [-0.4, -0.2) is 24.5 Å². The number of hydrogen-bond acceptors (Lipinski definition) is 4. The Morgan fingerprint density at radius 2 is 1.63 bits per heavy atom. The molecule has 0 atom stereocenters. The van der Waals surface area contributed by atoms with E-state index in [0.717, 1.165) is 5.56 Å². The fourth-order valence-electron chi connectivity index (χ4n) is 4.01. The summed E-state index contributed by atoms with van der Waals surface area (Å²) in [6.45, 7) is 7.03. The van der Waals surface area contributed by atoms with E-state index in [-0.39, 0.29) is 11.2 Å². The van der Waals surface area contributed by atoms with Crippen molar-refractivity contribution >= 4 is 40.3 Å². The van der Waals surface area contributed by atoms with Gasteiger partial charge in [-0.15, -0.1) is 0 Å². The van der Waals surface area contributed by atoms with Crippen LogP contribution in [-0.2, 0) is 6.54 Å². The number of nitrogen functional groups attached to an aromatic ring is 1. The molecule has 178 valence electrons. The van der Waals surface area contributed by atoms with Crippen molar-refractivity contribution in [1.82, 2.24) is 24.5 Å². The van der Waals surface area contributed by atoms with Gasteiger partial charge in [0.05, 0.1) is 27.0 Å². The molecule has 5 aromatic rings. The second kappa shape index (κ2) is 8.66. The summed E-state index contributed by atoms with van der Waals surface area (Å²) in [4.78, 5) is 17.6. The van der Waals surface area contributed by atoms with Gasteiger partial charge in [0.25, 0.3) is 0 Å². The van der Waals surface area contributed by atoms with Crippen LogP contribution < -0.4 is 5.73 Å². The van der Waals surface area contributed by atoms with Gasteiger partial charge in [-0.2, -0.15) is 0 Å². The molecule has 0 aliphatic rings. The summed E-state index contributed by atoms with van der Waals surface area (Å²) < 4.78 is 15.6. The summed E-state index contributed by atoms with van der Waals surface area (Å²) in [5.74, 6) is 0.564. The van der Waals surface area contributed by atoms with Crippen molar-refractivity contribution in [2.75, 3.05) is 5.73 Å². The monoisotopic (exact) mass is 508 g/mol. The zero-order chi connectivity index (χ0) is 24.9. The molecule has 0 radical (unpaired) electrons. The Morgan fingerprint density at radius 3 is 2.29 bits per heavy atom. The molecule has 2 aromatic carbocycles. The predicted molar refractivity (Wildman–Crippen MR) is 140 cm³/mol. The second-order valence-electron chi connectivity index (χ2n) is 9.57. The maximum atomic E-state index is 13.7. The van der Waals surface area contributed by atoms with E-state index in [2.05, 4.69) is 30.7 Å². The van der Waals surface area contributed by atoms with Gasteiger partial charge in [-0.3, -0.25) is 4.57 Å². The van der Waals surface area contributed by atoms with Crippen molar-refractivity contribution in [3.63, 3.8) is 0 Å². The first kappa shape index (κ1) is 23.3. The SMILES string of the molecule is CC(C)(C)Cn1c(N)nc2ccc(-c3nc(-c4c(Cl)cccc4Cl)[nH]c3-c3ccc(F)cc3)nc21. The number of benzene rings is 2. The van der Waals surface area contributed by atoms with Gasteiger partial charge >= 0.3 is 0 Å².